The van der Waals surface area contributed by atoms with Gasteiger partial charge in [0.1, 0.15) is 5.82 Å². The third-order valence-electron chi connectivity index (χ3n) is 4.08. The molecule has 0 saturated heterocycles. The fraction of sp³-hybridized carbons (Fsp3) is 0.250. The molecule has 1 aromatic carbocycles. The number of nitrogens with zero attached hydrogens (tertiary/aromatic N) is 4. The van der Waals surface area contributed by atoms with Gasteiger partial charge in [-0.1, -0.05) is 18.2 Å². The lowest BCUT2D eigenvalue weighted by molar-refractivity contribution is 0.833. The monoisotopic (exact) mass is 333 g/mol. The van der Waals surface area contributed by atoms with Crippen LogP contribution in [0.5, 0.6) is 0 Å². The van der Waals surface area contributed by atoms with E-state index in [1.165, 1.54) is 11.1 Å². The molecule has 0 aliphatic heterocycles. The number of rotatable bonds is 6. The Morgan fingerprint density at radius 3 is 2.52 bits per heavy atom. The maximum atomic E-state index is 4.67. The van der Waals surface area contributed by atoms with Crippen molar-refractivity contribution in [1.29, 1.82) is 0 Å². The number of para-hydroxylation sites is 1. The standard InChI is InChI=1S/C20H23N5/c1-15-6-4-5-7-18(15)23-19-14-16(2)22-20(24-19)25(3)13-10-17-8-11-21-12-9-17/h4-9,11-12,14H,10,13H2,1-3H3,(H,22,23,24). The molecule has 1 N–H and O–H groups in total. The van der Waals surface area contributed by atoms with Crippen molar-refractivity contribution in [3.63, 3.8) is 0 Å². The highest BCUT2D eigenvalue weighted by Gasteiger charge is 2.08. The van der Waals surface area contributed by atoms with Gasteiger partial charge < -0.3 is 10.2 Å². The van der Waals surface area contributed by atoms with E-state index in [9.17, 15) is 0 Å². The minimum Gasteiger partial charge on any atom is -0.343 e. The summed E-state index contributed by atoms with van der Waals surface area (Å²) in [6.07, 6.45) is 4.57. The Kier molecular flexibility index (Phi) is 5.23. The summed E-state index contributed by atoms with van der Waals surface area (Å²) < 4.78 is 0. The highest BCUT2D eigenvalue weighted by atomic mass is 15.2. The van der Waals surface area contributed by atoms with Crippen LogP contribution in [0.3, 0.4) is 0 Å². The van der Waals surface area contributed by atoms with Crippen LogP contribution in [0, 0.1) is 13.8 Å². The molecule has 5 nitrogen and oxygen atoms in total. The molecule has 25 heavy (non-hydrogen) atoms. The van der Waals surface area contributed by atoms with Crippen molar-refractivity contribution in [2.45, 2.75) is 20.3 Å². The number of likely N-dealkylation sites (N-methyl/N-ethyl adjacent to an activating group) is 1. The van der Waals surface area contributed by atoms with Gasteiger partial charge in [0.25, 0.3) is 0 Å². The molecule has 0 amide bonds. The molecule has 0 bridgehead atoms. The molecule has 3 rings (SSSR count). The van der Waals surface area contributed by atoms with Gasteiger partial charge in [-0.3, -0.25) is 4.98 Å². The van der Waals surface area contributed by atoms with Crippen molar-refractivity contribution < 1.29 is 0 Å². The normalized spacial score (nSPS) is 10.5. The molecule has 0 saturated carbocycles. The Balaban J connectivity index is 1.73. The molecular weight excluding hydrogens is 310 g/mol. The number of pyridine rings is 1. The average molecular weight is 333 g/mol. The van der Waals surface area contributed by atoms with Crippen molar-refractivity contribution in [3.05, 3.63) is 71.7 Å². The highest BCUT2D eigenvalue weighted by molar-refractivity contribution is 5.61. The second-order valence-electron chi connectivity index (χ2n) is 6.16. The lowest BCUT2D eigenvalue weighted by Crippen LogP contribution is -2.23. The quantitative estimate of drug-likeness (QED) is 0.741. The largest absolute Gasteiger partial charge is 0.343 e. The van der Waals surface area contributed by atoms with Crippen molar-refractivity contribution in [1.82, 2.24) is 15.0 Å². The van der Waals surface area contributed by atoms with E-state index in [4.69, 9.17) is 0 Å². The summed E-state index contributed by atoms with van der Waals surface area (Å²) in [6, 6.07) is 14.2. The SMILES string of the molecule is Cc1cc(Nc2ccccc2C)nc(N(C)CCc2ccncc2)n1. The van der Waals surface area contributed by atoms with E-state index < -0.39 is 0 Å². The van der Waals surface area contributed by atoms with Gasteiger partial charge in [0, 0.05) is 43.4 Å². The maximum Gasteiger partial charge on any atom is 0.227 e. The van der Waals surface area contributed by atoms with Crippen LogP contribution in [0.25, 0.3) is 0 Å². The fourth-order valence-corrected chi connectivity index (χ4v) is 2.59. The third kappa shape index (κ3) is 4.53. The van der Waals surface area contributed by atoms with Crippen LogP contribution in [-0.4, -0.2) is 28.5 Å². The number of anilines is 3. The predicted molar refractivity (Wildman–Crippen MR) is 102 cm³/mol. The smallest absolute Gasteiger partial charge is 0.227 e. The van der Waals surface area contributed by atoms with Crippen molar-refractivity contribution in [2.75, 3.05) is 23.8 Å². The number of aromatic nitrogens is 3. The zero-order chi connectivity index (χ0) is 17.6. The van der Waals surface area contributed by atoms with E-state index in [-0.39, 0.29) is 0 Å². The van der Waals surface area contributed by atoms with Crippen LogP contribution in [0.4, 0.5) is 17.5 Å². The summed E-state index contributed by atoms with van der Waals surface area (Å²) in [5, 5.41) is 3.40. The number of nitrogens with one attached hydrogen (secondary N) is 1. The molecule has 0 spiro atoms. The number of benzene rings is 1. The third-order valence-corrected chi connectivity index (χ3v) is 4.08. The van der Waals surface area contributed by atoms with Gasteiger partial charge in [-0.2, -0.15) is 4.98 Å². The molecule has 0 fully saturated rings. The Hall–Kier alpha value is -2.95. The van der Waals surface area contributed by atoms with E-state index in [0.29, 0.717) is 0 Å². The van der Waals surface area contributed by atoms with Gasteiger partial charge in [-0.15, -0.1) is 0 Å². The Morgan fingerprint density at radius 1 is 1.00 bits per heavy atom. The first-order valence-electron chi connectivity index (χ1n) is 8.40. The second-order valence-corrected chi connectivity index (χ2v) is 6.16. The molecule has 2 heterocycles. The molecule has 2 aromatic heterocycles. The maximum absolute atomic E-state index is 4.67. The van der Waals surface area contributed by atoms with Crippen molar-refractivity contribution >= 4 is 17.5 Å². The minimum absolute atomic E-state index is 0.727. The molecule has 0 aliphatic carbocycles. The Bertz CT molecular complexity index is 832. The van der Waals surface area contributed by atoms with Gasteiger partial charge in [0.15, 0.2) is 0 Å². The van der Waals surface area contributed by atoms with Crippen LogP contribution < -0.4 is 10.2 Å². The lowest BCUT2D eigenvalue weighted by atomic mass is 10.2. The zero-order valence-electron chi connectivity index (χ0n) is 14.9. The van der Waals surface area contributed by atoms with E-state index in [2.05, 4.69) is 44.2 Å². The Labute approximate surface area is 148 Å². The molecule has 0 radical (unpaired) electrons. The molecule has 3 aromatic rings. The number of hydrogen-bond acceptors (Lipinski definition) is 5. The Morgan fingerprint density at radius 2 is 1.76 bits per heavy atom. The van der Waals surface area contributed by atoms with Crippen molar-refractivity contribution in [3.8, 4) is 0 Å². The summed E-state index contributed by atoms with van der Waals surface area (Å²) in [6.45, 7) is 4.92. The molecule has 0 unspecified atom stereocenters. The second kappa shape index (κ2) is 7.75. The molecule has 0 atom stereocenters. The number of aryl methyl sites for hydroxylation is 2. The van der Waals surface area contributed by atoms with Crippen LogP contribution in [0.2, 0.25) is 0 Å². The van der Waals surface area contributed by atoms with E-state index in [1.807, 2.05) is 56.7 Å². The lowest BCUT2D eigenvalue weighted by Gasteiger charge is -2.19. The average Bonchev–Trinajstić information content (AvgIpc) is 2.62. The zero-order valence-corrected chi connectivity index (χ0v) is 14.9. The molecule has 128 valence electrons. The first-order valence-corrected chi connectivity index (χ1v) is 8.40. The summed E-state index contributed by atoms with van der Waals surface area (Å²) in [4.78, 5) is 15.4. The predicted octanol–water partition coefficient (Wildman–Crippen LogP) is 3.91. The van der Waals surface area contributed by atoms with Crippen LogP contribution in [0.15, 0.2) is 54.9 Å². The van der Waals surface area contributed by atoms with Crippen molar-refractivity contribution in [2.24, 2.45) is 0 Å². The minimum atomic E-state index is 0.727. The molecular formula is C20H23N5. The summed E-state index contributed by atoms with van der Waals surface area (Å²) >= 11 is 0. The van der Waals surface area contributed by atoms with Gasteiger partial charge in [0.05, 0.1) is 0 Å². The summed E-state index contributed by atoms with van der Waals surface area (Å²) in [7, 11) is 2.02. The van der Waals surface area contributed by atoms with E-state index in [0.717, 1.165) is 36.1 Å². The first kappa shape index (κ1) is 16.9. The molecule has 5 heteroatoms. The summed E-state index contributed by atoms with van der Waals surface area (Å²) in [5.74, 6) is 1.54. The first-order chi connectivity index (χ1) is 12.1. The topological polar surface area (TPSA) is 53.9 Å². The van der Waals surface area contributed by atoms with Gasteiger partial charge >= 0.3 is 0 Å². The molecule has 0 aliphatic rings. The van der Waals surface area contributed by atoms with Crippen LogP contribution in [-0.2, 0) is 6.42 Å². The highest BCUT2D eigenvalue weighted by Crippen LogP contribution is 2.21. The van der Waals surface area contributed by atoms with Gasteiger partial charge in [-0.25, -0.2) is 4.98 Å². The van der Waals surface area contributed by atoms with E-state index in [1.54, 1.807) is 0 Å². The summed E-state index contributed by atoms with van der Waals surface area (Å²) in [5.41, 5.74) is 4.45. The number of hydrogen-bond donors (Lipinski definition) is 1. The van der Waals surface area contributed by atoms with Crippen LogP contribution >= 0.6 is 0 Å². The van der Waals surface area contributed by atoms with Gasteiger partial charge in [-0.05, 0) is 49.6 Å². The van der Waals surface area contributed by atoms with Crippen LogP contribution in [0.1, 0.15) is 16.8 Å². The van der Waals surface area contributed by atoms with Gasteiger partial charge in [0.2, 0.25) is 5.95 Å². The van der Waals surface area contributed by atoms with E-state index >= 15 is 0 Å². The fourth-order valence-electron chi connectivity index (χ4n) is 2.59.